The zero-order chi connectivity index (χ0) is 19.4. The molecule has 10 heteroatoms. The van der Waals surface area contributed by atoms with E-state index in [0.29, 0.717) is 45.0 Å². The second-order valence-electron chi connectivity index (χ2n) is 6.38. The molecule has 2 aliphatic rings. The summed E-state index contributed by atoms with van der Waals surface area (Å²) in [6.45, 7) is 3.39. The van der Waals surface area contributed by atoms with Crippen LogP contribution in [0.4, 0.5) is 4.79 Å². The van der Waals surface area contributed by atoms with Gasteiger partial charge in [0, 0.05) is 51.9 Å². The smallest absolute Gasteiger partial charge is 0.320 e. The van der Waals surface area contributed by atoms with Gasteiger partial charge in [0.15, 0.2) is 0 Å². The second kappa shape index (κ2) is 8.24. The number of piperazine rings is 1. The van der Waals surface area contributed by atoms with E-state index >= 15 is 0 Å². The van der Waals surface area contributed by atoms with E-state index < -0.39 is 10.0 Å². The Morgan fingerprint density at radius 1 is 0.926 bits per heavy atom. The van der Waals surface area contributed by atoms with E-state index in [1.807, 2.05) is 0 Å². The number of benzene rings is 1. The van der Waals surface area contributed by atoms with Gasteiger partial charge in [-0.05, 0) is 24.3 Å². The Bertz CT molecular complexity index is 782. The molecule has 27 heavy (non-hydrogen) atoms. The Kier molecular flexibility index (Phi) is 5.98. The number of nitrogens with one attached hydrogen (secondary N) is 1. The highest BCUT2D eigenvalue weighted by atomic mass is 32.2. The first-order chi connectivity index (χ1) is 12.9. The summed E-state index contributed by atoms with van der Waals surface area (Å²) >= 11 is 0. The number of carbonyl (C=O) groups excluding carboxylic acids is 2. The molecule has 0 atom stereocenters. The quantitative estimate of drug-likeness (QED) is 0.763. The van der Waals surface area contributed by atoms with E-state index in [4.69, 9.17) is 4.74 Å². The molecule has 1 aromatic carbocycles. The molecule has 0 bridgehead atoms. The molecule has 0 saturated carbocycles. The van der Waals surface area contributed by atoms with E-state index in [1.54, 1.807) is 9.80 Å². The lowest BCUT2D eigenvalue weighted by Crippen LogP contribution is -2.55. The van der Waals surface area contributed by atoms with Crippen LogP contribution in [0.15, 0.2) is 29.2 Å². The van der Waals surface area contributed by atoms with Gasteiger partial charge in [0.05, 0.1) is 18.1 Å². The van der Waals surface area contributed by atoms with Crippen LogP contribution in [0.3, 0.4) is 0 Å². The summed E-state index contributed by atoms with van der Waals surface area (Å²) in [5, 5.41) is 2.50. The molecule has 148 valence electrons. The van der Waals surface area contributed by atoms with Crippen molar-refractivity contribution in [3.63, 3.8) is 0 Å². The Balaban J connectivity index is 1.62. The molecule has 9 nitrogen and oxygen atoms in total. The molecular weight excluding hydrogens is 372 g/mol. The largest absolute Gasteiger partial charge is 0.378 e. The van der Waals surface area contributed by atoms with Crippen molar-refractivity contribution >= 4 is 22.0 Å². The zero-order valence-corrected chi connectivity index (χ0v) is 16.1. The highest BCUT2D eigenvalue weighted by Gasteiger charge is 2.32. The maximum atomic E-state index is 12.8. The van der Waals surface area contributed by atoms with Crippen molar-refractivity contribution < 1.29 is 22.7 Å². The van der Waals surface area contributed by atoms with Crippen LogP contribution >= 0.6 is 0 Å². The summed E-state index contributed by atoms with van der Waals surface area (Å²) in [7, 11) is -2.14. The lowest BCUT2D eigenvalue weighted by atomic mass is 10.2. The van der Waals surface area contributed by atoms with E-state index in [-0.39, 0.29) is 29.9 Å². The number of morpholine rings is 1. The fourth-order valence-corrected chi connectivity index (χ4v) is 4.57. The van der Waals surface area contributed by atoms with Crippen LogP contribution in [0.5, 0.6) is 0 Å². The van der Waals surface area contributed by atoms with Gasteiger partial charge in [0.2, 0.25) is 10.0 Å². The van der Waals surface area contributed by atoms with Crippen molar-refractivity contribution in [2.45, 2.75) is 4.90 Å². The first-order valence-corrected chi connectivity index (χ1v) is 10.3. The monoisotopic (exact) mass is 396 g/mol. The molecule has 0 aromatic heterocycles. The average Bonchev–Trinajstić information content (AvgIpc) is 2.73. The van der Waals surface area contributed by atoms with Gasteiger partial charge in [-0.25, -0.2) is 13.2 Å². The van der Waals surface area contributed by atoms with Gasteiger partial charge in [-0.15, -0.1) is 0 Å². The van der Waals surface area contributed by atoms with Gasteiger partial charge >= 0.3 is 6.03 Å². The molecule has 1 aromatic rings. The van der Waals surface area contributed by atoms with Crippen molar-refractivity contribution in [2.24, 2.45) is 0 Å². The van der Waals surface area contributed by atoms with Gasteiger partial charge in [0.1, 0.15) is 0 Å². The van der Waals surface area contributed by atoms with Crippen molar-refractivity contribution in [3.8, 4) is 0 Å². The Morgan fingerprint density at radius 2 is 1.48 bits per heavy atom. The number of nitrogens with zero attached hydrogens (tertiary/aromatic N) is 3. The maximum absolute atomic E-state index is 12.8. The van der Waals surface area contributed by atoms with Crippen molar-refractivity contribution in [1.82, 2.24) is 19.4 Å². The molecule has 1 N–H and O–H groups in total. The highest BCUT2D eigenvalue weighted by Crippen LogP contribution is 2.19. The number of urea groups is 1. The summed E-state index contributed by atoms with van der Waals surface area (Å²) in [5.41, 5.74) is 0.400. The third kappa shape index (κ3) is 4.23. The minimum Gasteiger partial charge on any atom is -0.378 e. The average molecular weight is 396 g/mol. The SMILES string of the molecule is CNC(=O)c1ccc(S(=O)(=O)N2CCN(C(=O)N3CCOCC3)CC2)cc1. The van der Waals surface area contributed by atoms with Gasteiger partial charge in [-0.3, -0.25) is 4.79 Å². The number of hydrogen-bond donors (Lipinski definition) is 1. The third-order valence-corrected chi connectivity index (χ3v) is 6.68. The van der Waals surface area contributed by atoms with Crippen LogP contribution in [0.25, 0.3) is 0 Å². The summed E-state index contributed by atoms with van der Waals surface area (Å²) in [6.07, 6.45) is 0. The van der Waals surface area contributed by atoms with Crippen LogP contribution in [0, 0.1) is 0 Å². The Morgan fingerprint density at radius 3 is 2.04 bits per heavy atom. The minimum absolute atomic E-state index is 0.0646. The molecule has 3 rings (SSSR count). The lowest BCUT2D eigenvalue weighted by Gasteiger charge is -2.38. The first kappa shape index (κ1) is 19.6. The standard InChI is InChI=1S/C17H24N4O5S/c1-18-16(22)14-2-4-15(5-3-14)27(24,25)21-8-6-19(7-9-21)17(23)20-10-12-26-13-11-20/h2-5H,6-13H2,1H3,(H,18,22). The van der Waals surface area contributed by atoms with Crippen molar-refractivity contribution in [2.75, 3.05) is 59.5 Å². The van der Waals surface area contributed by atoms with Gasteiger partial charge in [-0.1, -0.05) is 0 Å². The van der Waals surface area contributed by atoms with E-state index in [9.17, 15) is 18.0 Å². The van der Waals surface area contributed by atoms with Gasteiger partial charge < -0.3 is 19.9 Å². The van der Waals surface area contributed by atoms with Crippen LogP contribution in [0.1, 0.15) is 10.4 Å². The number of hydrogen-bond acceptors (Lipinski definition) is 5. The molecule has 0 aliphatic carbocycles. The maximum Gasteiger partial charge on any atom is 0.320 e. The zero-order valence-electron chi connectivity index (χ0n) is 15.3. The van der Waals surface area contributed by atoms with E-state index in [0.717, 1.165) is 0 Å². The molecule has 2 fully saturated rings. The fraction of sp³-hybridized carbons (Fsp3) is 0.529. The Hall–Kier alpha value is -2.17. The van der Waals surface area contributed by atoms with Crippen LogP contribution < -0.4 is 5.32 Å². The number of carbonyl (C=O) groups is 2. The summed E-state index contributed by atoms with van der Waals surface area (Å²) < 4.78 is 32.3. The topological polar surface area (TPSA) is 99.3 Å². The second-order valence-corrected chi connectivity index (χ2v) is 8.31. The Labute approximate surface area is 158 Å². The third-order valence-electron chi connectivity index (χ3n) is 4.77. The molecule has 2 aliphatic heterocycles. The number of amides is 3. The van der Waals surface area contributed by atoms with Gasteiger partial charge in [-0.2, -0.15) is 4.31 Å². The summed E-state index contributed by atoms with van der Waals surface area (Å²) in [5.74, 6) is -0.269. The highest BCUT2D eigenvalue weighted by molar-refractivity contribution is 7.89. The van der Waals surface area contributed by atoms with E-state index in [2.05, 4.69) is 5.32 Å². The molecule has 2 saturated heterocycles. The molecule has 0 unspecified atom stereocenters. The predicted molar refractivity (Wildman–Crippen MR) is 98.0 cm³/mol. The first-order valence-electron chi connectivity index (χ1n) is 8.87. The molecule has 2 heterocycles. The normalized spacial score (nSPS) is 19.0. The number of sulfonamides is 1. The number of ether oxygens (including phenoxy) is 1. The minimum atomic E-state index is -3.66. The molecule has 0 radical (unpaired) electrons. The van der Waals surface area contributed by atoms with Crippen molar-refractivity contribution in [3.05, 3.63) is 29.8 Å². The fourth-order valence-electron chi connectivity index (χ4n) is 3.15. The van der Waals surface area contributed by atoms with Crippen LogP contribution in [-0.2, 0) is 14.8 Å². The lowest BCUT2D eigenvalue weighted by molar-refractivity contribution is 0.0405. The summed E-state index contributed by atoms with van der Waals surface area (Å²) in [6, 6.07) is 5.79. The molecule has 3 amide bonds. The predicted octanol–water partition coefficient (Wildman–Crippen LogP) is -0.195. The van der Waals surface area contributed by atoms with Crippen molar-refractivity contribution in [1.29, 1.82) is 0 Å². The number of rotatable bonds is 3. The van der Waals surface area contributed by atoms with E-state index in [1.165, 1.54) is 35.6 Å². The van der Waals surface area contributed by atoms with Gasteiger partial charge in [0.25, 0.3) is 5.91 Å². The van der Waals surface area contributed by atoms with Crippen LogP contribution in [0.2, 0.25) is 0 Å². The molecular formula is C17H24N4O5S. The summed E-state index contributed by atoms with van der Waals surface area (Å²) in [4.78, 5) is 27.7. The molecule has 0 spiro atoms. The van der Waals surface area contributed by atoms with Crippen LogP contribution in [-0.4, -0.2) is 94.0 Å².